The van der Waals surface area contributed by atoms with Crippen LogP contribution in [0.2, 0.25) is 0 Å². The van der Waals surface area contributed by atoms with Crippen molar-refractivity contribution < 1.29 is 12.8 Å². The van der Waals surface area contributed by atoms with Crippen molar-refractivity contribution in [1.82, 2.24) is 0 Å². The largest absolute Gasteiger partial charge is 0.321 e. The molecule has 0 aliphatic carbocycles. The molecule has 0 heterocycles. The maximum Gasteiger partial charge on any atom is 0.147 e. The van der Waals surface area contributed by atoms with Crippen LogP contribution in [-0.4, -0.2) is 20.4 Å². The summed E-state index contributed by atoms with van der Waals surface area (Å²) < 4.78 is 35.5. The van der Waals surface area contributed by atoms with Crippen LogP contribution in [0.5, 0.6) is 0 Å². The molecule has 1 aromatic carbocycles. The summed E-state index contributed by atoms with van der Waals surface area (Å²) in [7, 11) is -3.06. The molecule has 0 fully saturated rings. The summed E-state index contributed by atoms with van der Waals surface area (Å²) in [6, 6.07) is 6.03. The van der Waals surface area contributed by atoms with Gasteiger partial charge in [0.1, 0.15) is 15.7 Å². The van der Waals surface area contributed by atoms with E-state index in [-0.39, 0.29) is 11.6 Å². The standard InChI is InChI=1S/C12H18FNO2S/c1-3-12(14,7-8-17(2,15)16)10-5-4-6-11(13)9-10/h4-6,9H,3,7-8,14H2,1-2H3. The van der Waals surface area contributed by atoms with Crippen LogP contribution in [0.1, 0.15) is 25.3 Å². The van der Waals surface area contributed by atoms with E-state index in [4.69, 9.17) is 5.73 Å². The van der Waals surface area contributed by atoms with Gasteiger partial charge >= 0.3 is 0 Å². The SMILES string of the molecule is CCC(N)(CCS(C)(=O)=O)c1cccc(F)c1. The Hall–Kier alpha value is -0.940. The van der Waals surface area contributed by atoms with E-state index >= 15 is 0 Å². The number of nitrogens with two attached hydrogens (primary N) is 1. The fourth-order valence-electron chi connectivity index (χ4n) is 1.69. The Labute approximate surface area is 102 Å². The van der Waals surface area contributed by atoms with Crippen molar-refractivity contribution in [2.24, 2.45) is 5.73 Å². The van der Waals surface area contributed by atoms with Gasteiger partial charge in [-0.15, -0.1) is 0 Å². The van der Waals surface area contributed by atoms with Crippen molar-refractivity contribution >= 4 is 9.84 Å². The molecule has 0 aliphatic heterocycles. The van der Waals surface area contributed by atoms with Crippen LogP contribution in [0.15, 0.2) is 24.3 Å². The first-order valence-electron chi connectivity index (χ1n) is 5.49. The van der Waals surface area contributed by atoms with Crippen LogP contribution < -0.4 is 5.73 Å². The molecule has 0 saturated heterocycles. The summed E-state index contributed by atoms with van der Waals surface area (Å²) in [6.45, 7) is 1.87. The predicted molar refractivity (Wildman–Crippen MR) is 66.9 cm³/mol. The fraction of sp³-hybridized carbons (Fsp3) is 0.500. The highest BCUT2D eigenvalue weighted by Crippen LogP contribution is 2.26. The van der Waals surface area contributed by atoms with Gasteiger partial charge < -0.3 is 5.73 Å². The minimum Gasteiger partial charge on any atom is -0.321 e. The third-order valence-corrected chi connectivity index (χ3v) is 3.90. The molecule has 0 bridgehead atoms. The summed E-state index contributed by atoms with van der Waals surface area (Å²) in [5.41, 5.74) is 6.02. The molecule has 96 valence electrons. The summed E-state index contributed by atoms with van der Waals surface area (Å²) in [4.78, 5) is 0. The first-order valence-corrected chi connectivity index (χ1v) is 7.55. The highest BCUT2D eigenvalue weighted by molar-refractivity contribution is 7.90. The van der Waals surface area contributed by atoms with Crippen molar-refractivity contribution in [3.05, 3.63) is 35.6 Å². The zero-order chi connectivity index (χ0) is 13.1. The minimum absolute atomic E-state index is 0.00779. The molecule has 1 atom stereocenters. The highest BCUT2D eigenvalue weighted by Gasteiger charge is 2.26. The topological polar surface area (TPSA) is 60.2 Å². The molecule has 0 radical (unpaired) electrons. The first-order chi connectivity index (χ1) is 7.77. The van der Waals surface area contributed by atoms with E-state index in [0.717, 1.165) is 0 Å². The smallest absolute Gasteiger partial charge is 0.147 e. The zero-order valence-corrected chi connectivity index (χ0v) is 10.9. The van der Waals surface area contributed by atoms with Gasteiger partial charge in [-0.05, 0) is 30.5 Å². The predicted octanol–water partition coefficient (Wildman–Crippen LogP) is 1.82. The molecule has 0 aromatic heterocycles. The molecule has 1 unspecified atom stereocenters. The molecule has 0 aliphatic rings. The lowest BCUT2D eigenvalue weighted by Gasteiger charge is -2.28. The Morgan fingerprint density at radius 1 is 1.41 bits per heavy atom. The molecule has 17 heavy (non-hydrogen) atoms. The van der Waals surface area contributed by atoms with Gasteiger partial charge in [-0.1, -0.05) is 19.1 Å². The summed E-state index contributed by atoms with van der Waals surface area (Å²) >= 11 is 0. The zero-order valence-electron chi connectivity index (χ0n) is 10.1. The molecule has 3 nitrogen and oxygen atoms in total. The third kappa shape index (κ3) is 4.09. The number of benzene rings is 1. The molecule has 1 aromatic rings. The van der Waals surface area contributed by atoms with Gasteiger partial charge in [0.05, 0.1) is 5.75 Å². The van der Waals surface area contributed by atoms with Crippen molar-refractivity contribution in [2.75, 3.05) is 12.0 Å². The monoisotopic (exact) mass is 259 g/mol. The van der Waals surface area contributed by atoms with Crippen LogP contribution in [0.4, 0.5) is 4.39 Å². The Morgan fingerprint density at radius 3 is 2.53 bits per heavy atom. The van der Waals surface area contributed by atoms with Crippen LogP contribution >= 0.6 is 0 Å². The maximum atomic E-state index is 13.1. The Morgan fingerprint density at radius 2 is 2.06 bits per heavy atom. The van der Waals surface area contributed by atoms with Gasteiger partial charge in [0.2, 0.25) is 0 Å². The first kappa shape index (κ1) is 14.1. The molecular formula is C12H18FNO2S. The molecule has 0 saturated carbocycles. The average molecular weight is 259 g/mol. The van der Waals surface area contributed by atoms with Crippen LogP contribution in [0.25, 0.3) is 0 Å². The van der Waals surface area contributed by atoms with E-state index in [9.17, 15) is 12.8 Å². The second kappa shape index (κ2) is 5.14. The van der Waals surface area contributed by atoms with Gasteiger partial charge in [-0.25, -0.2) is 12.8 Å². The fourth-order valence-corrected chi connectivity index (χ4v) is 2.43. The Bertz CT molecular complexity index is 487. The number of halogens is 1. The van der Waals surface area contributed by atoms with E-state index in [0.29, 0.717) is 18.4 Å². The molecule has 2 N–H and O–H groups in total. The number of hydrogen-bond donors (Lipinski definition) is 1. The van der Waals surface area contributed by atoms with E-state index < -0.39 is 15.4 Å². The quantitative estimate of drug-likeness (QED) is 0.877. The van der Waals surface area contributed by atoms with Crippen LogP contribution in [0, 0.1) is 5.82 Å². The average Bonchev–Trinajstić information content (AvgIpc) is 2.25. The molecular weight excluding hydrogens is 241 g/mol. The molecule has 1 rings (SSSR count). The van der Waals surface area contributed by atoms with Crippen LogP contribution in [-0.2, 0) is 15.4 Å². The van der Waals surface area contributed by atoms with E-state index in [1.165, 1.54) is 18.4 Å². The van der Waals surface area contributed by atoms with E-state index in [1.54, 1.807) is 12.1 Å². The van der Waals surface area contributed by atoms with Crippen molar-refractivity contribution in [1.29, 1.82) is 0 Å². The summed E-state index contributed by atoms with van der Waals surface area (Å²) in [5, 5.41) is 0. The molecule has 0 amide bonds. The maximum absolute atomic E-state index is 13.1. The lowest BCUT2D eigenvalue weighted by molar-refractivity contribution is 0.410. The lowest BCUT2D eigenvalue weighted by atomic mass is 9.86. The normalized spacial score (nSPS) is 15.5. The van der Waals surface area contributed by atoms with E-state index in [2.05, 4.69) is 0 Å². The highest BCUT2D eigenvalue weighted by atomic mass is 32.2. The second-order valence-corrected chi connectivity index (χ2v) is 6.66. The minimum atomic E-state index is -3.06. The number of rotatable bonds is 5. The summed E-state index contributed by atoms with van der Waals surface area (Å²) in [6.07, 6.45) is 2.03. The van der Waals surface area contributed by atoms with Crippen molar-refractivity contribution in [3.63, 3.8) is 0 Å². The number of hydrogen-bond acceptors (Lipinski definition) is 3. The second-order valence-electron chi connectivity index (χ2n) is 4.40. The van der Waals surface area contributed by atoms with Crippen LogP contribution in [0.3, 0.4) is 0 Å². The molecule has 0 spiro atoms. The number of sulfone groups is 1. The van der Waals surface area contributed by atoms with Gasteiger partial charge in [-0.3, -0.25) is 0 Å². The van der Waals surface area contributed by atoms with Gasteiger partial charge in [0.25, 0.3) is 0 Å². The van der Waals surface area contributed by atoms with Crippen molar-refractivity contribution in [3.8, 4) is 0 Å². The Kier molecular flexibility index (Phi) is 4.27. The van der Waals surface area contributed by atoms with E-state index in [1.807, 2.05) is 6.92 Å². The summed E-state index contributed by atoms with van der Waals surface area (Å²) in [5.74, 6) is -0.349. The third-order valence-electron chi connectivity index (χ3n) is 2.95. The Balaban J connectivity index is 2.96. The van der Waals surface area contributed by atoms with Gasteiger partial charge in [0, 0.05) is 11.8 Å². The molecule has 5 heteroatoms. The lowest BCUT2D eigenvalue weighted by Crippen LogP contribution is -2.38. The van der Waals surface area contributed by atoms with Gasteiger partial charge in [-0.2, -0.15) is 0 Å². The van der Waals surface area contributed by atoms with Crippen molar-refractivity contribution in [2.45, 2.75) is 25.3 Å². The van der Waals surface area contributed by atoms with Gasteiger partial charge in [0.15, 0.2) is 0 Å².